The SMILES string of the molecule is O=C(O)[C@@H]1C[C@@H](CNC(=O)C(F)(F)F)[C@@H](O)C1. The van der Waals surface area contributed by atoms with Gasteiger partial charge in [-0.05, 0) is 12.8 Å². The average Bonchev–Trinajstić information content (AvgIpc) is 2.55. The normalized spacial score (nSPS) is 29.1. The number of carbonyl (C=O) groups is 2. The number of carboxylic acid groups (broad SMARTS) is 1. The number of alkyl halides is 3. The Labute approximate surface area is 94.6 Å². The molecule has 0 aromatic carbocycles. The Morgan fingerprint density at radius 1 is 1.29 bits per heavy atom. The van der Waals surface area contributed by atoms with Crippen LogP contribution in [0.4, 0.5) is 13.2 Å². The molecule has 5 nitrogen and oxygen atoms in total. The molecular formula is C9H12F3NO4. The molecule has 8 heteroatoms. The summed E-state index contributed by atoms with van der Waals surface area (Å²) in [5.74, 6) is -4.59. The van der Waals surface area contributed by atoms with Crippen molar-refractivity contribution < 1.29 is 33.0 Å². The van der Waals surface area contributed by atoms with E-state index in [9.17, 15) is 27.9 Å². The molecule has 1 saturated carbocycles. The van der Waals surface area contributed by atoms with E-state index in [1.54, 1.807) is 5.32 Å². The molecule has 1 amide bonds. The minimum absolute atomic E-state index is 0.00187. The highest BCUT2D eigenvalue weighted by Crippen LogP contribution is 2.31. The monoisotopic (exact) mass is 255 g/mol. The first-order chi connectivity index (χ1) is 7.71. The van der Waals surface area contributed by atoms with Crippen molar-refractivity contribution >= 4 is 11.9 Å². The van der Waals surface area contributed by atoms with Crippen molar-refractivity contribution in [3.63, 3.8) is 0 Å². The average molecular weight is 255 g/mol. The fourth-order valence-corrected chi connectivity index (χ4v) is 1.85. The molecule has 0 unspecified atom stereocenters. The molecule has 0 aliphatic heterocycles. The van der Waals surface area contributed by atoms with Crippen LogP contribution in [0.25, 0.3) is 0 Å². The first-order valence-electron chi connectivity index (χ1n) is 4.97. The zero-order valence-corrected chi connectivity index (χ0v) is 8.70. The van der Waals surface area contributed by atoms with Gasteiger partial charge in [0.05, 0.1) is 12.0 Å². The standard InChI is InChI=1S/C9H12F3NO4/c10-9(11,12)8(17)13-3-5-1-4(7(15)16)2-6(5)14/h4-6,14H,1-3H2,(H,13,17)(H,15,16)/t4-,5+,6+/m1/s1. The van der Waals surface area contributed by atoms with E-state index in [0.717, 1.165) is 0 Å². The maximum atomic E-state index is 11.9. The van der Waals surface area contributed by atoms with Crippen LogP contribution in [0.1, 0.15) is 12.8 Å². The molecule has 0 saturated heterocycles. The summed E-state index contributed by atoms with van der Waals surface area (Å²) in [6.45, 7) is -0.372. The van der Waals surface area contributed by atoms with Gasteiger partial charge < -0.3 is 15.5 Å². The predicted molar refractivity (Wildman–Crippen MR) is 48.9 cm³/mol. The molecule has 1 aliphatic carbocycles. The Hall–Kier alpha value is -1.31. The first kappa shape index (κ1) is 13.8. The molecule has 3 atom stereocenters. The minimum Gasteiger partial charge on any atom is -0.481 e. The third-order valence-corrected chi connectivity index (χ3v) is 2.79. The van der Waals surface area contributed by atoms with Crippen molar-refractivity contribution in [2.45, 2.75) is 25.1 Å². The molecule has 0 radical (unpaired) electrons. The van der Waals surface area contributed by atoms with Gasteiger partial charge in [0.1, 0.15) is 0 Å². The van der Waals surface area contributed by atoms with Crippen LogP contribution in [0.5, 0.6) is 0 Å². The number of nitrogens with one attached hydrogen (secondary N) is 1. The lowest BCUT2D eigenvalue weighted by Crippen LogP contribution is -2.40. The smallest absolute Gasteiger partial charge is 0.471 e. The second-order valence-corrected chi connectivity index (χ2v) is 4.04. The van der Waals surface area contributed by atoms with Gasteiger partial charge in [-0.3, -0.25) is 9.59 Å². The van der Waals surface area contributed by atoms with Gasteiger partial charge in [0, 0.05) is 12.5 Å². The summed E-state index contributed by atoms with van der Waals surface area (Å²) in [6.07, 6.45) is -5.89. The molecule has 98 valence electrons. The lowest BCUT2D eigenvalue weighted by atomic mass is 10.0. The van der Waals surface area contributed by atoms with Crippen LogP contribution in [-0.2, 0) is 9.59 Å². The third kappa shape index (κ3) is 3.58. The van der Waals surface area contributed by atoms with Crippen LogP contribution < -0.4 is 5.32 Å². The van der Waals surface area contributed by atoms with Gasteiger partial charge in [-0.1, -0.05) is 0 Å². The van der Waals surface area contributed by atoms with E-state index in [2.05, 4.69) is 0 Å². The van der Waals surface area contributed by atoms with Crippen molar-refractivity contribution in [3.05, 3.63) is 0 Å². The third-order valence-electron chi connectivity index (χ3n) is 2.79. The Morgan fingerprint density at radius 3 is 2.29 bits per heavy atom. The number of carbonyl (C=O) groups excluding carboxylic acids is 1. The number of halogens is 3. The van der Waals surface area contributed by atoms with Crippen molar-refractivity contribution in [1.82, 2.24) is 5.32 Å². The summed E-state index contributed by atoms with van der Waals surface area (Å²) in [6, 6.07) is 0. The van der Waals surface area contributed by atoms with Crippen LogP contribution >= 0.6 is 0 Å². The van der Waals surface area contributed by atoms with E-state index in [1.807, 2.05) is 0 Å². The van der Waals surface area contributed by atoms with Crippen molar-refractivity contribution in [2.24, 2.45) is 11.8 Å². The van der Waals surface area contributed by atoms with E-state index in [-0.39, 0.29) is 19.4 Å². The highest BCUT2D eigenvalue weighted by atomic mass is 19.4. The largest absolute Gasteiger partial charge is 0.481 e. The molecular weight excluding hydrogens is 243 g/mol. The number of rotatable bonds is 3. The van der Waals surface area contributed by atoms with E-state index in [4.69, 9.17) is 5.11 Å². The molecule has 1 rings (SSSR count). The molecule has 0 aromatic rings. The summed E-state index contributed by atoms with van der Waals surface area (Å²) in [7, 11) is 0. The molecule has 3 N–H and O–H groups in total. The second-order valence-electron chi connectivity index (χ2n) is 4.04. The fourth-order valence-electron chi connectivity index (χ4n) is 1.85. The predicted octanol–water partition coefficient (Wildman–Crippen LogP) is 0.137. The fraction of sp³-hybridized carbons (Fsp3) is 0.778. The maximum absolute atomic E-state index is 11.9. The highest BCUT2D eigenvalue weighted by Gasteiger charge is 2.41. The van der Waals surface area contributed by atoms with Crippen LogP contribution in [-0.4, -0.2) is 40.9 Å². The van der Waals surface area contributed by atoms with Crippen LogP contribution in [0.2, 0.25) is 0 Å². The molecule has 17 heavy (non-hydrogen) atoms. The summed E-state index contributed by atoms with van der Waals surface area (Å²) in [5, 5.41) is 19.7. The Bertz CT molecular complexity index is 318. The van der Waals surface area contributed by atoms with Gasteiger partial charge in [0.25, 0.3) is 0 Å². The van der Waals surface area contributed by atoms with Crippen molar-refractivity contribution in [1.29, 1.82) is 0 Å². The Kier molecular flexibility index (Phi) is 3.97. The number of amides is 1. The molecule has 0 heterocycles. The zero-order valence-electron chi connectivity index (χ0n) is 8.70. The maximum Gasteiger partial charge on any atom is 0.471 e. The molecule has 0 spiro atoms. The highest BCUT2D eigenvalue weighted by molar-refractivity contribution is 5.81. The number of aliphatic hydroxyl groups is 1. The van der Waals surface area contributed by atoms with E-state index >= 15 is 0 Å². The molecule has 0 bridgehead atoms. The van der Waals surface area contributed by atoms with Gasteiger partial charge in [0.15, 0.2) is 0 Å². The molecule has 1 fully saturated rings. The number of hydrogen-bond donors (Lipinski definition) is 3. The van der Waals surface area contributed by atoms with Crippen molar-refractivity contribution in [2.75, 3.05) is 6.54 Å². The number of aliphatic hydroxyl groups excluding tert-OH is 1. The summed E-state index contributed by atoms with van der Waals surface area (Å²) in [5.41, 5.74) is 0. The molecule has 1 aliphatic rings. The molecule has 0 aromatic heterocycles. The number of carboxylic acids is 1. The number of aliphatic carboxylic acids is 1. The number of hydrogen-bond acceptors (Lipinski definition) is 3. The summed E-state index contributed by atoms with van der Waals surface area (Å²) >= 11 is 0. The second kappa shape index (κ2) is 4.91. The van der Waals surface area contributed by atoms with Crippen LogP contribution in [0.15, 0.2) is 0 Å². The van der Waals surface area contributed by atoms with Gasteiger partial charge in [-0.25, -0.2) is 0 Å². The Morgan fingerprint density at radius 2 is 1.88 bits per heavy atom. The van der Waals surface area contributed by atoms with Crippen LogP contribution in [0, 0.1) is 11.8 Å². The Balaban J connectivity index is 2.43. The summed E-state index contributed by atoms with van der Waals surface area (Å²) in [4.78, 5) is 21.1. The van der Waals surface area contributed by atoms with E-state index in [1.165, 1.54) is 0 Å². The lowest BCUT2D eigenvalue weighted by Gasteiger charge is -2.15. The van der Waals surface area contributed by atoms with Gasteiger partial charge in [-0.15, -0.1) is 0 Å². The summed E-state index contributed by atoms with van der Waals surface area (Å²) < 4.78 is 35.6. The van der Waals surface area contributed by atoms with E-state index < -0.39 is 36.0 Å². The van der Waals surface area contributed by atoms with E-state index in [0.29, 0.717) is 0 Å². The minimum atomic E-state index is -4.96. The topological polar surface area (TPSA) is 86.6 Å². The quantitative estimate of drug-likeness (QED) is 0.669. The van der Waals surface area contributed by atoms with Gasteiger partial charge in [-0.2, -0.15) is 13.2 Å². The zero-order chi connectivity index (χ0) is 13.2. The van der Waals surface area contributed by atoms with Crippen molar-refractivity contribution in [3.8, 4) is 0 Å². The lowest BCUT2D eigenvalue weighted by molar-refractivity contribution is -0.173. The first-order valence-corrected chi connectivity index (χ1v) is 4.97. The van der Waals surface area contributed by atoms with Gasteiger partial charge >= 0.3 is 18.1 Å². The van der Waals surface area contributed by atoms with Crippen LogP contribution in [0.3, 0.4) is 0 Å². The van der Waals surface area contributed by atoms with Gasteiger partial charge in [0.2, 0.25) is 0 Å².